The molecule has 0 atom stereocenters. The van der Waals surface area contributed by atoms with Crippen molar-refractivity contribution in [1.29, 1.82) is 0 Å². The smallest absolute Gasteiger partial charge is 0.268 e. The molecule has 0 aliphatic carbocycles. The minimum absolute atomic E-state index is 0.209. The Morgan fingerprint density at radius 1 is 1.35 bits per heavy atom. The highest BCUT2D eigenvalue weighted by Crippen LogP contribution is 2.33. The number of nitrogens with zero attached hydrogens (tertiary/aromatic N) is 1. The number of halogens is 2. The third kappa shape index (κ3) is 2.69. The quantitative estimate of drug-likeness (QED) is 0.910. The van der Waals surface area contributed by atoms with Crippen LogP contribution in [0.15, 0.2) is 23.6 Å². The maximum absolute atomic E-state index is 10.9. The molecule has 0 spiro atoms. The summed E-state index contributed by atoms with van der Waals surface area (Å²) in [5.74, 6) is -0.570. The number of primary amides is 1. The zero-order valence-electron chi connectivity index (χ0n) is 8.41. The first-order chi connectivity index (χ1) is 8.08. The van der Waals surface area contributed by atoms with Gasteiger partial charge >= 0.3 is 0 Å². The Kier molecular flexibility index (Phi) is 3.51. The van der Waals surface area contributed by atoms with Crippen molar-refractivity contribution in [2.45, 2.75) is 0 Å². The molecule has 2 rings (SSSR count). The van der Waals surface area contributed by atoms with Crippen molar-refractivity contribution in [3.63, 3.8) is 0 Å². The number of hydrogen-bond acceptors (Lipinski definition) is 4. The van der Waals surface area contributed by atoms with E-state index in [9.17, 15) is 4.79 Å². The zero-order valence-corrected chi connectivity index (χ0v) is 10.7. The van der Waals surface area contributed by atoms with Gasteiger partial charge in [-0.15, -0.1) is 11.3 Å². The summed E-state index contributed by atoms with van der Waals surface area (Å²) in [7, 11) is 0. The molecular weight excluding hydrogens is 281 g/mol. The van der Waals surface area contributed by atoms with E-state index in [2.05, 4.69) is 10.3 Å². The van der Waals surface area contributed by atoms with Crippen LogP contribution in [0, 0.1) is 0 Å². The molecule has 0 unspecified atom stereocenters. The molecule has 0 aliphatic rings. The molecule has 3 N–H and O–H groups in total. The number of carbonyl (C=O) groups excluding carboxylic acids is 1. The molecule has 0 saturated carbocycles. The van der Waals surface area contributed by atoms with Crippen LogP contribution in [0.1, 0.15) is 10.5 Å². The standard InChI is InChI=1S/C10H7Cl2N3OS/c11-5-2-1-3-6(12)8(5)15-10-14-7(4-17-10)9(13)16/h1-4H,(H2,13,16)(H,14,15). The van der Waals surface area contributed by atoms with E-state index >= 15 is 0 Å². The Balaban J connectivity index is 2.28. The Morgan fingerprint density at radius 2 is 2.00 bits per heavy atom. The Labute approximate surface area is 111 Å². The molecule has 1 aromatic heterocycles. The fraction of sp³-hybridized carbons (Fsp3) is 0. The minimum Gasteiger partial charge on any atom is -0.364 e. The van der Waals surface area contributed by atoms with Crippen molar-refractivity contribution in [3.8, 4) is 0 Å². The summed E-state index contributed by atoms with van der Waals surface area (Å²) >= 11 is 13.2. The first-order valence-electron chi connectivity index (χ1n) is 4.54. The lowest BCUT2D eigenvalue weighted by molar-refractivity contribution is 0.0996. The number of para-hydroxylation sites is 1. The number of hydrogen-bond donors (Lipinski definition) is 2. The van der Waals surface area contributed by atoms with E-state index in [1.807, 2.05) is 0 Å². The van der Waals surface area contributed by atoms with Crippen LogP contribution in [0.3, 0.4) is 0 Å². The predicted molar refractivity (Wildman–Crippen MR) is 70.4 cm³/mol. The van der Waals surface area contributed by atoms with Gasteiger partial charge in [0.15, 0.2) is 5.13 Å². The van der Waals surface area contributed by atoms with Gasteiger partial charge in [-0.05, 0) is 12.1 Å². The lowest BCUT2D eigenvalue weighted by Crippen LogP contribution is -2.11. The van der Waals surface area contributed by atoms with Gasteiger partial charge in [-0.25, -0.2) is 4.98 Å². The van der Waals surface area contributed by atoms with E-state index in [0.717, 1.165) is 0 Å². The first kappa shape index (κ1) is 12.2. The molecule has 17 heavy (non-hydrogen) atoms. The second-order valence-electron chi connectivity index (χ2n) is 3.12. The molecule has 88 valence electrons. The molecule has 0 aliphatic heterocycles. The number of nitrogens with one attached hydrogen (secondary N) is 1. The topological polar surface area (TPSA) is 68.0 Å². The van der Waals surface area contributed by atoms with E-state index < -0.39 is 5.91 Å². The van der Waals surface area contributed by atoms with Gasteiger partial charge in [0, 0.05) is 5.38 Å². The number of nitrogens with two attached hydrogens (primary N) is 1. The Morgan fingerprint density at radius 3 is 2.53 bits per heavy atom. The van der Waals surface area contributed by atoms with Gasteiger partial charge in [0.1, 0.15) is 5.69 Å². The number of benzene rings is 1. The summed E-state index contributed by atoms with van der Waals surface area (Å²) in [4.78, 5) is 14.9. The van der Waals surface area contributed by atoms with Crippen molar-refractivity contribution in [2.24, 2.45) is 5.73 Å². The number of rotatable bonds is 3. The van der Waals surface area contributed by atoms with E-state index in [1.165, 1.54) is 11.3 Å². The molecule has 7 heteroatoms. The second kappa shape index (κ2) is 4.91. The predicted octanol–water partition coefficient (Wildman–Crippen LogP) is 3.29. The van der Waals surface area contributed by atoms with Crippen molar-refractivity contribution >= 4 is 51.3 Å². The lowest BCUT2D eigenvalue weighted by Gasteiger charge is -2.06. The fourth-order valence-electron chi connectivity index (χ4n) is 1.17. The maximum atomic E-state index is 10.9. The maximum Gasteiger partial charge on any atom is 0.268 e. The van der Waals surface area contributed by atoms with Gasteiger partial charge in [0.05, 0.1) is 15.7 Å². The van der Waals surface area contributed by atoms with Gasteiger partial charge in [-0.3, -0.25) is 4.79 Å². The molecule has 1 amide bonds. The summed E-state index contributed by atoms with van der Waals surface area (Å²) in [5.41, 5.74) is 5.87. The van der Waals surface area contributed by atoms with E-state index in [0.29, 0.717) is 20.9 Å². The van der Waals surface area contributed by atoms with E-state index in [1.54, 1.807) is 23.6 Å². The molecule has 1 heterocycles. The summed E-state index contributed by atoms with van der Waals surface area (Å²) in [5, 5.41) is 5.98. The number of amides is 1. The highest BCUT2D eigenvalue weighted by atomic mass is 35.5. The van der Waals surface area contributed by atoms with Crippen LogP contribution in [-0.4, -0.2) is 10.9 Å². The second-order valence-corrected chi connectivity index (χ2v) is 4.80. The van der Waals surface area contributed by atoms with Gasteiger partial charge in [-0.1, -0.05) is 29.3 Å². The van der Waals surface area contributed by atoms with Gasteiger partial charge in [0.2, 0.25) is 0 Å². The fourth-order valence-corrected chi connectivity index (χ4v) is 2.36. The highest BCUT2D eigenvalue weighted by molar-refractivity contribution is 7.14. The summed E-state index contributed by atoms with van der Waals surface area (Å²) in [6.45, 7) is 0. The Bertz CT molecular complexity index is 550. The average Bonchev–Trinajstić information content (AvgIpc) is 2.72. The zero-order chi connectivity index (χ0) is 12.4. The van der Waals surface area contributed by atoms with Crippen LogP contribution in [0.2, 0.25) is 10.0 Å². The lowest BCUT2D eigenvalue weighted by atomic mass is 10.3. The normalized spacial score (nSPS) is 10.2. The van der Waals surface area contributed by atoms with Crippen LogP contribution in [-0.2, 0) is 0 Å². The van der Waals surface area contributed by atoms with Crippen molar-refractivity contribution < 1.29 is 4.79 Å². The van der Waals surface area contributed by atoms with Crippen molar-refractivity contribution in [3.05, 3.63) is 39.3 Å². The van der Waals surface area contributed by atoms with Crippen molar-refractivity contribution in [1.82, 2.24) is 4.98 Å². The number of aromatic nitrogens is 1. The van der Waals surface area contributed by atoms with Crippen LogP contribution in [0.4, 0.5) is 10.8 Å². The van der Waals surface area contributed by atoms with Gasteiger partial charge in [-0.2, -0.15) is 0 Å². The van der Waals surface area contributed by atoms with Crippen LogP contribution in [0.25, 0.3) is 0 Å². The van der Waals surface area contributed by atoms with Gasteiger partial charge < -0.3 is 11.1 Å². The van der Waals surface area contributed by atoms with E-state index in [-0.39, 0.29) is 5.69 Å². The molecular formula is C10H7Cl2N3OS. The third-order valence-corrected chi connectivity index (χ3v) is 3.34. The first-order valence-corrected chi connectivity index (χ1v) is 6.18. The molecule has 0 saturated heterocycles. The number of thiazole rings is 1. The van der Waals surface area contributed by atoms with Crippen LogP contribution in [0.5, 0.6) is 0 Å². The number of carbonyl (C=O) groups is 1. The molecule has 0 bridgehead atoms. The SMILES string of the molecule is NC(=O)c1csc(Nc2c(Cl)cccc2Cl)n1. The number of anilines is 2. The molecule has 0 radical (unpaired) electrons. The highest BCUT2D eigenvalue weighted by Gasteiger charge is 2.10. The van der Waals surface area contributed by atoms with Crippen LogP contribution < -0.4 is 11.1 Å². The van der Waals surface area contributed by atoms with Crippen molar-refractivity contribution in [2.75, 3.05) is 5.32 Å². The minimum atomic E-state index is -0.570. The average molecular weight is 288 g/mol. The monoisotopic (exact) mass is 287 g/mol. The molecule has 0 fully saturated rings. The van der Waals surface area contributed by atoms with Gasteiger partial charge in [0.25, 0.3) is 5.91 Å². The summed E-state index contributed by atoms with van der Waals surface area (Å²) in [6.07, 6.45) is 0. The Hall–Kier alpha value is -1.30. The van der Waals surface area contributed by atoms with E-state index in [4.69, 9.17) is 28.9 Å². The third-order valence-electron chi connectivity index (χ3n) is 1.95. The van der Waals surface area contributed by atoms with Crippen LogP contribution >= 0.6 is 34.5 Å². The molecule has 4 nitrogen and oxygen atoms in total. The summed E-state index contributed by atoms with van der Waals surface area (Å²) < 4.78 is 0. The molecule has 2 aromatic rings. The molecule has 1 aromatic carbocycles. The summed E-state index contributed by atoms with van der Waals surface area (Å²) in [6, 6.07) is 5.16. The largest absolute Gasteiger partial charge is 0.364 e.